The number of rotatable bonds is 4. The van der Waals surface area contributed by atoms with Crippen molar-refractivity contribution >= 4 is 21.4 Å². The molecule has 0 amide bonds. The van der Waals surface area contributed by atoms with Gasteiger partial charge in [-0.15, -0.1) is 16.4 Å². The second-order valence-electron chi connectivity index (χ2n) is 5.07. The molecule has 0 aromatic carbocycles. The van der Waals surface area contributed by atoms with Crippen LogP contribution in [0.2, 0.25) is 0 Å². The number of hydrogen-bond acceptors (Lipinski definition) is 7. The number of sulfonamides is 1. The van der Waals surface area contributed by atoms with E-state index in [9.17, 15) is 13.2 Å². The van der Waals surface area contributed by atoms with E-state index in [0.717, 1.165) is 4.88 Å². The standard InChI is InChI=1S/C12H16N4O4S2/c1-22(18,19)15-6-4-14(5-7-15)9-16-12(17)20-11(13-16)10-3-2-8-21-10/h2-3,8H,4-7,9H2,1H3. The minimum absolute atomic E-state index is 0.297. The Bertz CT molecular complexity index is 785. The van der Waals surface area contributed by atoms with Gasteiger partial charge in [-0.3, -0.25) is 4.90 Å². The van der Waals surface area contributed by atoms with Gasteiger partial charge >= 0.3 is 5.76 Å². The van der Waals surface area contributed by atoms with Crippen molar-refractivity contribution in [1.29, 1.82) is 0 Å². The molecule has 120 valence electrons. The molecule has 1 aliphatic rings. The van der Waals surface area contributed by atoms with Crippen LogP contribution in [0, 0.1) is 0 Å². The highest BCUT2D eigenvalue weighted by Gasteiger charge is 2.24. The van der Waals surface area contributed by atoms with Crippen molar-refractivity contribution in [3.8, 4) is 10.8 Å². The van der Waals surface area contributed by atoms with Gasteiger partial charge in [-0.05, 0) is 11.4 Å². The molecule has 0 saturated carbocycles. The summed E-state index contributed by atoms with van der Waals surface area (Å²) in [5.74, 6) is -0.191. The van der Waals surface area contributed by atoms with Gasteiger partial charge in [0.1, 0.15) is 6.67 Å². The molecule has 0 atom stereocenters. The van der Waals surface area contributed by atoms with E-state index in [2.05, 4.69) is 5.10 Å². The number of hydrogen-bond donors (Lipinski definition) is 0. The molecular weight excluding hydrogens is 328 g/mol. The van der Waals surface area contributed by atoms with E-state index in [4.69, 9.17) is 4.42 Å². The first-order valence-electron chi connectivity index (χ1n) is 6.73. The molecule has 0 spiro atoms. The fourth-order valence-corrected chi connectivity index (χ4v) is 3.76. The predicted octanol–water partition coefficient (Wildman–Crippen LogP) is 0.0995. The zero-order valence-corrected chi connectivity index (χ0v) is 13.6. The van der Waals surface area contributed by atoms with Crippen LogP contribution in [0.5, 0.6) is 0 Å². The molecule has 0 bridgehead atoms. The summed E-state index contributed by atoms with van der Waals surface area (Å²) in [7, 11) is -3.15. The summed E-state index contributed by atoms with van der Waals surface area (Å²) < 4.78 is 30.8. The molecule has 0 radical (unpaired) electrons. The predicted molar refractivity (Wildman–Crippen MR) is 82.1 cm³/mol. The van der Waals surface area contributed by atoms with Crippen LogP contribution in [-0.4, -0.2) is 59.8 Å². The lowest BCUT2D eigenvalue weighted by molar-refractivity contribution is 0.142. The molecule has 3 heterocycles. The van der Waals surface area contributed by atoms with Crippen molar-refractivity contribution in [1.82, 2.24) is 19.0 Å². The van der Waals surface area contributed by atoms with Crippen LogP contribution in [0.4, 0.5) is 0 Å². The van der Waals surface area contributed by atoms with Gasteiger partial charge in [-0.25, -0.2) is 13.2 Å². The van der Waals surface area contributed by atoms with E-state index >= 15 is 0 Å². The average Bonchev–Trinajstić information content (AvgIpc) is 3.09. The van der Waals surface area contributed by atoms with E-state index in [1.165, 1.54) is 26.6 Å². The van der Waals surface area contributed by atoms with E-state index < -0.39 is 15.8 Å². The summed E-state index contributed by atoms with van der Waals surface area (Å²) in [6.45, 7) is 2.25. The van der Waals surface area contributed by atoms with Crippen molar-refractivity contribution in [2.75, 3.05) is 32.4 Å². The zero-order valence-electron chi connectivity index (χ0n) is 12.0. The number of piperazine rings is 1. The maximum atomic E-state index is 11.8. The Balaban J connectivity index is 1.67. The average molecular weight is 344 g/mol. The Kier molecular flexibility index (Phi) is 4.17. The SMILES string of the molecule is CS(=O)(=O)N1CCN(Cn2nc(-c3cccs3)oc2=O)CC1. The highest BCUT2D eigenvalue weighted by Crippen LogP contribution is 2.21. The van der Waals surface area contributed by atoms with Crippen LogP contribution in [0.25, 0.3) is 10.8 Å². The first kappa shape index (κ1) is 15.4. The molecular formula is C12H16N4O4S2. The third-order valence-corrected chi connectivity index (χ3v) is 5.63. The quantitative estimate of drug-likeness (QED) is 0.782. The van der Waals surface area contributed by atoms with Gasteiger partial charge in [0.05, 0.1) is 11.1 Å². The fourth-order valence-electron chi connectivity index (χ4n) is 2.29. The Morgan fingerprint density at radius 2 is 2.05 bits per heavy atom. The summed E-state index contributed by atoms with van der Waals surface area (Å²) in [5.41, 5.74) is 0. The zero-order chi connectivity index (χ0) is 15.7. The molecule has 0 aliphatic carbocycles. The summed E-state index contributed by atoms with van der Waals surface area (Å²) in [6, 6.07) is 3.70. The fraction of sp³-hybridized carbons (Fsp3) is 0.500. The molecule has 3 rings (SSSR count). The summed E-state index contributed by atoms with van der Waals surface area (Å²) in [5, 5.41) is 6.08. The van der Waals surface area contributed by atoms with Crippen LogP contribution < -0.4 is 5.76 Å². The van der Waals surface area contributed by atoms with E-state index in [0.29, 0.717) is 38.7 Å². The molecule has 0 N–H and O–H groups in total. The van der Waals surface area contributed by atoms with Gasteiger partial charge in [0.15, 0.2) is 0 Å². The van der Waals surface area contributed by atoms with Crippen LogP contribution in [0.15, 0.2) is 26.7 Å². The van der Waals surface area contributed by atoms with Crippen LogP contribution in [0.3, 0.4) is 0 Å². The molecule has 0 unspecified atom stereocenters. The van der Waals surface area contributed by atoms with Gasteiger partial charge in [-0.2, -0.15) is 8.99 Å². The van der Waals surface area contributed by atoms with Gasteiger partial charge in [-0.1, -0.05) is 6.07 Å². The van der Waals surface area contributed by atoms with E-state index in [-0.39, 0.29) is 0 Å². The van der Waals surface area contributed by atoms with Gasteiger partial charge in [0, 0.05) is 26.2 Å². The molecule has 1 aliphatic heterocycles. The molecule has 1 saturated heterocycles. The Morgan fingerprint density at radius 1 is 1.32 bits per heavy atom. The Labute approximate surface area is 131 Å². The third kappa shape index (κ3) is 3.29. The van der Waals surface area contributed by atoms with Gasteiger partial charge < -0.3 is 4.42 Å². The number of aromatic nitrogens is 2. The van der Waals surface area contributed by atoms with Crippen molar-refractivity contribution in [3.63, 3.8) is 0 Å². The number of thiophene rings is 1. The monoisotopic (exact) mass is 344 g/mol. The lowest BCUT2D eigenvalue weighted by Gasteiger charge is -2.32. The van der Waals surface area contributed by atoms with Crippen molar-refractivity contribution in [2.45, 2.75) is 6.67 Å². The summed E-state index contributed by atoms with van der Waals surface area (Å²) >= 11 is 1.45. The first-order valence-corrected chi connectivity index (χ1v) is 9.45. The molecule has 8 nitrogen and oxygen atoms in total. The third-order valence-electron chi connectivity index (χ3n) is 3.47. The molecule has 1 fully saturated rings. The lowest BCUT2D eigenvalue weighted by atomic mass is 10.4. The van der Waals surface area contributed by atoms with Crippen LogP contribution >= 0.6 is 11.3 Å². The summed E-state index contributed by atoms with van der Waals surface area (Å²) in [6.07, 6.45) is 1.21. The Hall–Kier alpha value is -1.49. The van der Waals surface area contributed by atoms with E-state index in [1.807, 2.05) is 22.4 Å². The maximum absolute atomic E-state index is 11.8. The van der Waals surface area contributed by atoms with Gasteiger partial charge in [0.25, 0.3) is 5.89 Å². The largest absolute Gasteiger partial charge is 0.438 e. The van der Waals surface area contributed by atoms with Crippen molar-refractivity contribution in [2.24, 2.45) is 0 Å². The molecule has 2 aromatic rings. The highest BCUT2D eigenvalue weighted by atomic mass is 32.2. The topological polar surface area (TPSA) is 88.7 Å². The normalized spacial score (nSPS) is 17.9. The van der Waals surface area contributed by atoms with Gasteiger partial charge in [0.2, 0.25) is 10.0 Å². The molecule has 2 aromatic heterocycles. The van der Waals surface area contributed by atoms with Crippen molar-refractivity contribution < 1.29 is 12.8 Å². The minimum atomic E-state index is -3.15. The van der Waals surface area contributed by atoms with Crippen molar-refractivity contribution in [3.05, 3.63) is 28.1 Å². The molecule has 22 heavy (non-hydrogen) atoms. The Morgan fingerprint density at radius 3 is 2.64 bits per heavy atom. The van der Waals surface area contributed by atoms with Crippen LogP contribution in [0.1, 0.15) is 0 Å². The summed E-state index contributed by atoms with van der Waals surface area (Å²) in [4.78, 5) is 14.6. The highest BCUT2D eigenvalue weighted by molar-refractivity contribution is 7.88. The second-order valence-corrected chi connectivity index (χ2v) is 8.00. The smallest absolute Gasteiger partial charge is 0.387 e. The second kappa shape index (κ2) is 5.95. The first-order chi connectivity index (χ1) is 10.4. The lowest BCUT2D eigenvalue weighted by Crippen LogP contribution is -2.49. The maximum Gasteiger partial charge on any atom is 0.438 e. The minimum Gasteiger partial charge on any atom is -0.387 e. The van der Waals surface area contributed by atoms with Crippen LogP contribution in [-0.2, 0) is 16.7 Å². The van der Waals surface area contributed by atoms with E-state index in [1.54, 1.807) is 0 Å². The number of nitrogens with zero attached hydrogens (tertiary/aromatic N) is 4. The molecule has 10 heteroatoms.